The van der Waals surface area contributed by atoms with E-state index in [1.165, 1.54) is 4.90 Å². The second-order valence-electron chi connectivity index (χ2n) is 5.54. The fraction of sp³-hybridized carbons (Fsp3) is 0.467. The molecule has 0 aliphatic carbocycles. The molecule has 0 radical (unpaired) electrons. The number of carboxylic acid groups (broad SMARTS) is 1. The summed E-state index contributed by atoms with van der Waals surface area (Å²) in [6, 6.07) is 7.13. The highest BCUT2D eigenvalue weighted by atomic mass is 16.6. The van der Waals surface area contributed by atoms with Gasteiger partial charge in [-0.25, -0.2) is 4.79 Å². The highest BCUT2D eigenvalue weighted by Crippen LogP contribution is 2.34. The lowest BCUT2D eigenvalue weighted by molar-refractivity contribution is -0.159. The third-order valence-corrected chi connectivity index (χ3v) is 4.15. The fourth-order valence-corrected chi connectivity index (χ4v) is 2.85. The monoisotopic (exact) mass is 291 g/mol. The van der Waals surface area contributed by atoms with Crippen molar-refractivity contribution in [3.63, 3.8) is 0 Å². The van der Waals surface area contributed by atoms with Gasteiger partial charge in [-0.3, -0.25) is 4.79 Å². The Kier molecular flexibility index (Phi) is 3.23. The molecule has 0 bridgehead atoms. The maximum Gasteiger partial charge on any atom is 0.329 e. The van der Waals surface area contributed by atoms with E-state index in [0.29, 0.717) is 30.9 Å². The van der Waals surface area contributed by atoms with Crippen LogP contribution < -0.4 is 9.47 Å². The van der Waals surface area contributed by atoms with Gasteiger partial charge in [0, 0.05) is 6.54 Å². The minimum Gasteiger partial charge on any atom is -0.485 e. The Bertz CT molecular complexity index is 587. The lowest BCUT2D eigenvalue weighted by Crippen LogP contribution is -2.56. The molecule has 0 spiro atoms. The van der Waals surface area contributed by atoms with Gasteiger partial charge in [0.25, 0.3) is 5.91 Å². The number of hydrogen-bond acceptors (Lipinski definition) is 4. The molecule has 112 valence electrons. The number of fused-ring (bicyclic) bond motifs is 1. The summed E-state index contributed by atoms with van der Waals surface area (Å²) in [5.74, 6) is -0.195. The first-order valence-electron chi connectivity index (χ1n) is 6.96. The molecule has 0 saturated carbocycles. The number of carbonyl (C=O) groups is 2. The largest absolute Gasteiger partial charge is 0.485 e. The Morgan fingerprint density at radius 3 is 2.76 bits per heavy atom. The summed E-state index contributed by atoms with van der Waals surface area (Å²) < 4.78 is 11.2. The summed E-state index contributed by atoms with van der Waals surface area (Å²) in [5, 5.41) is 9.38. The molecule has 6 heteroatoms. The maximum atomic E-state index is 12.6. The minimum atomic E-state index is -1.16. The number of benzene rings is 1. The van der Waals surface area contributed by atoms with Crippen LogP contribution in [0.1, 0.15) is 19.8 Å². The van der Waals surface area contributed by atoms with E-state index >= 15 is 0 Å². The van der Waals surface area contributed by atoms with Crippen LogP contribution in [0.15, 0.2) is 24.3 Å². The Labute approximate surface area is 122 Å². The normalized spacial score (nSPS) is 27.5. The molecular weight excluding hydrogens is 274 g/mol. The molecule has 1 aromatic rings. The van der Waals surface area contributed by atoms with Crippen molar-refractivity contribution in [2.75, 3.05) is 13.2 Å². The van der Waals surface area contributed by atoms with E-state index in [9.17, 15) is 14.7 Å². The smallest absolute Gasteiger partial charge is 0.329 e. The van der Waals surface area contributed by atoms with Crippen molar-refractivity contribution in [3.05, 3.63) is 24.3 Å². The zero-order valence-electron chi connectivity index (χ0n) is 11.7. The molecule has 1 saturated heterocycles. The summed E-state index contributed by atoms with van der Waals surface area (Å²) in [7, 11) is 0. The van der Waals surface area contributed by atoms with Gasteiger partial charge in [0.05, 0.1) is 0 Å². The number of amides is 1. The number of aliphatic carboxylic acids is 1. The number of ether oxygens (including phenoxy) is 2. The molecule has 2 unspecified atom stereocenters. The van der Waals surface area contributed by atoms with Crippen LogP contribution in [0.3, 0.4) is 0 Å². The van der Waals surface area contributed by atoms with Crippen molar-refractivity contribution in [2.24, 2.45) is 0 Å². The van der Waals surface area contributed by atoms with E-state index in [-0.39, 0.29) is 12.5 Å². The van der Waals surface area contributed by atoms with Crippen molar-refractivity contribution in [1.82, 2.24) is 4.90 Å². The number of hydrogen-bond donors (Lipinski definition) is 1. The van der Waals surface area contributed by atoms with Gasteiger partial charge >= 0.3 is 5.97 Å². The summed E-state index contributed by atoms with van der Waals surface area (Å²) in [6.45, 7) is 2.11. The van der Waals surface area contributed by atoms with Crippen molar-refractivity contribution >= 4 is 11.9 Å². The van der Waals surface area contributed by atoms with E-state index in [1.54, 1.807) is 25.1 Å². The first-order chi connectivity index (χ1) is 10.0. The predicted molar refractivity (Wildman–Crippen MR) is 73.3 cm³/mol. The van der Waals surface area contributed by atoms with Crippen molar-refractivity contribution in [1.29, 1.82) is 0 Å². The topological polar surface area (TPSA) is 76.1 Å². The quantitative estimate of drug-likeness (QED) is 0.888. The Balaban J connectivity index is 1.79. The fourth-order valence-electron chi connectivity index (χ4n) is 2.85. The van der Waals surface area contributed by atoms with Crippen molar-refractivity contribution < 1.29 is 24.2 Å². The lowest BCUT2D eigenvalue weighted by Gasteiger charge is -2.35. The number of carboxylic acids is 1. The van der Waals surface area contributed by atoms with Crippen LogP contribution in [0.2, 0.25) is 0 Å². The summed E-state index contributed by atoms with van der Waals surface area (Å²) >= 11 is 0. The molecule has 6 nitrogen and oxygen atoms in total. The lowest BCUT2D eigenvalue weighted by atomic mass is 9.99. The van der Waals surface area contributed by atoms with Crippen LogP contribution in [0, 0.1) is 0 Å². The first-order valence-corrected chi connectivity index (χ1v) is 6.96. The number of para-hydroxylation sites is 2. The molecule has 2 aliphatic rings. The van der Waals surface area contributed by atoms with E-state index in [1.807, 2.05) is 6.07 Å². The molecule has 2 atom stereocenters. The third-order valence-electron chi connectivity index (χ3n) is 4.15. The van der Waals surface area contributed by atoms with Crippen LogP contribution in [-0.2, 0) is 9.59 Å². The first kappa shape index (κ1) is 13.7. The Morgan fingerprint density at radius 2 is 2.05 bits per heavy atom. The molecule has 2 aliphatic heterocycles. The standard InChI is InChI=1S/C15H17NO5/c1-15(14(18)19)7-4-8-16(15)13(17)12-9-20-10-5-2-3-6-11(10)21-12/h2-3,5-6,12H,4,7-9H2,1H3,(H,18,19). The van der Waals surface area contributed by atoms with E-state index in [0.717, 1.165) is 0 Å². The minimum absolute atomic E-state index is 0.0993. The van der Waals surface area contributed by atoms with E-state index in [2.05, 4.69) is 0 Å². The Morgan fingerprint density at radius 1 is 1.33 bits per heavy atom. The van der Waals surface area contributed by atoms with Gasteiger partial charge < -0.3 is 19.5 Å². The van der Waals surface area contributed by atoms with Crippen molar-refractivity contribution in [3.8, 4) is 11.5 Å². The average molecular weight is 291 g/mol. The summed E-state index contributed by atoms with van der Waals surface area (Å²) in [6.07, 6.45) is 0.341. The van der Waals surface area contributed by atoms with Crippen LogP contribution in [0.5, 0.6) is 11.5 Å². The molecule has 1 aromatic carbocycles. The van der Waals surface area contributed by atoms with Crippen LogP contribution in [0.4, 0.5) is 0 Å². The summed E-state index contributed by atoms with van der Waals surface area (Å²) in [5.41, 5.74) is -1.16. The van der Waals surface area contributed by atoms with Crippen LogP contribution in [-0.4, -0.2) is 46.7 Å². The van der Waals surface area contributed by atoms with Crippen LogP contribution in [0.25, 0.3) is 0 Å². The van der Waals surface area contributed by atoms with Gasteiger partial charge in [0.1, 0.15) is 12.1 Å². The average Bonchev–Trinajstić information content (AvgIpc) is 2.89. The second kappa shape index (κ2) is 4.95. The van der Waals surface area contributed by atoms with E-state index in [4.69, 9.17) is 9.47 Å². The van der Waals surface area contributed by atoms with Gasteiger partial charge in [0.2, 0.25) is 6.10 Å². The maximum absolute atomic E-state index is 12.6. The SMILES string of the molecule is CC1(C(=O)O)CCCN1C(=O)C1COc2ccccc2O1. The third kappa shape index (κ3) is 2.20. The van der Waals surface area contributed by atoms with Gasteiger partial charge in [-0.2, -0.15) is 0 Å². The van der Waals surface area contributed by atoms with Gasteiger partial charge in [0.15, 0.2) is 11.5 Å². The molecule has 0 aromatic heterocycles. The molecule has 1 amide bonds. The number of rotatable bonds is 2. The molecule has 1 fully saturated rings. The summed E-state index contributed by atoms with van der Waals surface area (Å²) in [4.78, 5) is 25.4. The Hall–Kier alpha value is -2.24. The van der Waals surface area contributed by atoms with Gasteiger partial charge in [-0.15, -0.1) is 0 Å². The number of carbonyl (C=O) groups excluding carboxylic acids is 1. The molecule has 3 rings (SSSR count). The molecule has 1 N–H and O–H groups in total. The van der Waals surface area contributed by atoms with E-state index < -0.39 is 17.6 Å². The van der Waals surface area contributed by atoms with Gasteiger partial charge in [-0.05, 0) is 31.9 Å². The highest BCUT2D eigenvalue weighted by molar-refractivity contribution is 5.90. The molecular formula is C15H17NO5. The molecule has 21 heavy (non-hydrogen) atoms. The van der Waals surface area contributed by atoms with Gasteiger partial charge in [-0.1, -0.05) is 12.1 Å². The van der Waals surface area contributed by atoms with Crippen molar-refractivity contribution in [2.45, 2.75) is 31.4 Å². The second-order valence-corrected chi connectivity index (χ2v) is 5.54. The molecule has 2 heterocycles. The number of nitrogens with zero attached hydrogens (tertiary/aromatic N) is 1. The zero-order valence-corrected chi connectivity index (χ0v) is 11.7. The number of likely N-dealkylation sites (tertiary alicyclic amines) is 1. The predicted octanol–water partition coefficient (Wildman–Crippen LogP) is 1.29. The zero-order chi connectivity index (χ0) is 15.0. The highest BCUT2D eigenvalue weighted by Gasteiger charge is 2.48. The van der Waals surface area contributed by atoms with Crippen LogP contribution >= 0.6 is 0 Å².